The SMILES string of the molecule is COc1ccc(CC(=O)N2CC[C@H](c3ccn[nH]3)C2)cc1F. The number of hydrogen-bond acceptors (Lipinski definition) is 3. The number of halogens is 1. The van der Waals surface area contributed by atoms with Gasteiger partial charge in [0.2, 0.25) is 5.91 Å². The van der Waals surface area contributed by atoms with Gasteiger partial charge in [-0.05, 0) is 30.2 Å². The lowest BCUT2D eigenvalue weighted by Crippen LogP contribution is -2.29. The van der Waals surface area contributed by atoms with Crippen molar-refractivity contribution in [2.75, 3.05) is 20.2 Å². The van der Waals surface area contributed by atoms with Crippen LogP contribution >= 0.6 is 0 Å². The number of nitrogens with zero attached hydrogens (tertiary/aromatic N) is 2. The van der Waals surface area contributed by atoms with Gasteiger partial charge in [0.1, 0.15) is 0 Å². The summed E-state index contributed by atoms with van der Waals surface area (Å²) in [6.45, 7) is 1.40. The Bertz CT molecular complexity index is 657. The average Bonchev–Trinajstić information content (AvgIpc) is 3.18. The van der Waals surface area contributed by atoms with E-state index in [9.17, 15) is 9.18 Å². The van der Waals surface area contributed by atoms with Gasteiger partial charge in [0.05, 0.1) is 13.5 Å². The quantitative estimate of drug-likeness (QED) is 0.941. The van der Waals surface area contributed by atoms with Crippen LogP contribution < -0.4 is 4.74 Å². The van der Waals surface area contributed by atoms with Crippen LogP contribution in [0.1, 0.15) is 23.6 Å². The second kappa shape index (κ2) is 6.17. The molecule has 2 heterocycles. The van der Waals surface area contributed by atoms with Crippen LogP contribution in [0.4, 0.5) is 4.39 Å². The van der Waals surface area contributed by atoms with Crippen molar-refractivity contribution in [3.05, 3.63) is 47.5 Å². The molecule has 1 fully saturated rings. The van der Waals surface area contributed by atoms with Gasteiger partial charge in [-0.2, -0.15) is 5.10 Å². The molecule has 1 aliphatic heterocycles. The Morgan fingerprint density at radius 2 is 2.36 bits per heavy atom. The molecule has 1 saturated heterocycles. The lowest BCUT2D eigenvalue weighted by Gasteiger charge is -2.16. The fourth-order valence-corrected chi connectivity index (χ4v) is 2.84. The number of aromatic amines is 1. The zero-order valence-corrected chi connectivity index (χ0v) is 12.4. The molecule has 0 unspecified atom stereocenters. The topological polar surface area (TPSA) is 58.2 Å². The van der Waals surface area contributed by atoms with E-state index in [-0.39, 0.29) is 18.1 Å². The van der Waals surface area contributed by atoms with E-state index in [2.05, 4.69) is 10.2 Å². The van der Waals surface area contributed by atoms with Crippen LogP contribution in [0.3, 0.4) is 0 Å². The second-order valence-corrected chi connectivity index (χ2v) is 5.48. The maximum Gasteiger partial charge on any atom is 0.227 e. The Kier molecular flexibility index (Phi) is 4.09. The predicted molar refractivity (Wildman–Crippen MR) is 79.2 cm³/mol. The zero-order valence-electron chi connectivity index (χ0n) is 12.4. The summed E-state index contributed by atoms with van der Waals surface area (Å²) >= 11 is 0. The number of nitrogens with one attached hydrogen (secondary N) is 1. The van der Waals surface area contributed by atoms with Crippen molar-refractivity contribution in [2.45, 2.75) is 18.8 Å². The molecular weight excluding hydrogens is 285 g/mol. The van der Waals surface area contributed by atoms with Crippen LogP contribution in [0.5, 0.6) is 5.75 Å². The number of carbonyl (C=O) groups excluding carboxylic acids is 1. The average molecular weight is 303 g/mol. The Morgan fingerprint density at radius 3 is 3.05 bits per heavy atom. The number of ether oxygens (including phenoxy) is 1. The molecule has 2 aromatic rings. The molecule has 116 valence electrons. The summed E-state index contributed by atoms with van der Waals surface area (Å²) in [5.41, 5.74) is 1.72. The third-order valence-corrected chi connectivity index (χ3v) is 4.07. The maximum atomic E-state index is 13.7. The first-order valence-electron chi connectivity index (χ1n) is 7.27. The number of amides is 1. The minimum atomic E-state index is -0.440. The first-order chi connectivity index (χ1) is 10.7. The van der Waals surface area contributed by atoms with Gasteiger partial charge >= 0.3 is 0 Å². The van der Waals surface area contributed by atoms with Crippen LogP contribution in [0.15, 0.2) is 30.5 Å². The third-order valence-electron chi connectivity index (χ3n) is 4.07. The first kappa shape index (κ1) is 14.6. The molecule has 1 amide bonds. The van der Waals surface area contributed by atoms with E-state index < -0.39 is 5.82 Å². The van der Waals surface area contributed by atoms with Crippen molar-refractivity contribution in [3.8, 4) is 5.75 Å². The number of likely N-dealkylation sites (tertiary alicyclic amines) is 1. The van der Waals surface area contributed by atoms with E-state index >= 15 is 0 Å². The molecule has 1 N–H and O–H groups in total. The molecule has 0 saturated carbocycles. The minimum absolute atomic E-state index is 0.0200. The summed E-state index contributed by atoms with van der Waals surface area (Å²) in [6, 6.07) is 6.58. The van der Waals surface area contributed by atoms with Gasteiger partial charge in [-0.15, -0.1) is 0 Å². The molecule has 0 aliphatic carbocycles. The largest absolute Gasteiger partial charge is 0.494 e. The standard InChI is InChI=1S/C16H18FN3O2/c1-22-15-3-2-11(8-13(15)17)9-16(21)20-7-5-12(10-20)14-4-6-18-19-14/h2-4,6,8,12H,5,7,9-10H2,1H3,(H,18,19)/t12-/m0/s1. The predicted octanol–water partition coefficient (Wildman–Crippen LogP) is 2.12. The van der Waals surface area contributed by atoms with Crippen molar-refractivity contribution in [1.29, 1.82) is 0 Å². The highest BCUT2D eigenvalue weighted by Crippen LogP contribution is 2.26. The number of benzene rings is 1. The Hall–Kier alpha value is -2.37. The molecule has 5 nitrogen and oxygen atoms in total. The lowest BCUT2D eigenvalue weighted by molar-refractivity contribution is -0.129. The minimum Gasteiger partial charge on any atom is -0.494 e. The molecule has 1 aromatic carbocycles. The van der Waals surface area contributed by atoms with Crippen LogP contribution in [-0.4, -0.2) is 41.2 Å². The number of methoxy groups -OCH3 is 1. The Morgan fingerprint density at radius 1 is 1.50 bits per heavy atom. The maximum absolute atomic E-state index is 13.7. The van der Waals surface area contributed by atoms with Crippen molar-refractivity contribution < 1.29 is 13.9 Å². The molecule has 1 atom stereocenters. The summed E-state index contributed by atoms with van der Waals surface area (Å²) in [7, 11) is 1.42. The van der Waals surface area contributed by atoms with Crippen LogP contribution in [0.2, 0.25) is 0 Å². The van der Waals surface area contributed by atoms with Crippen molar-refractivity contribution in [3.63, 3.8) is 0 Å². The summed E-state index contributed by atoms with van der Waals surface area (Å²) in [6.07, 6.45) is 2.85. The molecule has 1 aliphatic rings. The molecular formula is C16H18FN3O2. The van der Waals surface area contributed by atoms with E-state index in [0.29, 0.717) is 18.0 Å². The highest BCUT2D eigenvalue weighted by molar-refractivity contribution is 5.79. The number of carbonyl (C=O) groups is 1. The summed E-state index contributed by atoms with van der Waals surface area (Å²) < 4.78 is 18.5. The summed E-state index contributed by atoms with van der Waals surface area (Å²) in [4.78, 5) is 14.2. The molecule has 6 heteroatoms. The van der Waals surface area contributed by atoms with E-state index in [1.54, 1.807) is 18.3 Å². The second-order valence-electron chi connectivity index (χ2n) is 5.48. The van der Waals surface area contributed by atoms with Gasteiger partial charge in [0.15, 0.2) is 11.6 Å². The third kappa shape index (κ3) is 2.95. The van der Waals surface area contributed by atoms with Crippen molar-refractivity contribution in [2.24, 2.45) is 0 Å². The van der Waals surface area contributed by atoms with Crippen LogP contribution in [0.25, 0.3) is 0 Å². The number of aromatic nitrogens is 2. The highest BCUT2D eigenvalue weighted by Gasteiger charge is 2.28. The van der Waals surface area contributed by atoms with E-state index in [1.807, 2.05) is 11.0 Å². The van der Waals surface area contributed by atoms with E-state index in [0.717, 1.165) is 18.7 Å². The first-order valence-corrected chi connectivity index (χ1v) is 7.27. The Balaban J connectivity index is 1.62. The number of hydrogen-bond donors (Lipinski definition) is 1. The molecule has 0 spiro atoms. The van der Waals surface area contributed by atoms with Gasteiger partial charge in [-0.1, -0.05) is 6.07 Å². The van der Waals surface area contributed by atoms with Gasteiger partial charge in [-0.25, -0.2) is 4.39 Å². The van der Waals surface area contributed by atoms with Gasteiger partial charge in [-0.3, -0.25) is 9.89 Å². The fraction of sp³-hybridized carbons (Fsp3) is 0.375. The molecule has 1 aromatic heterocycles. The normalized spacial score (nSPS) is 17.7. The van der Waals surface area contributed by atoms with E-state index in [1.165, 1.54) is 13.2 Å². The van der Waals surface area contributed by atoms with Crippen LogP contribution in [-0.2, 0) is 11.2 Å². The molecule has 0 radical (unpaired) electrons. The molecule has 3 rings (SSSR count). The van der Waals surface area contributed by atoms with Gasteiger partial charge in [0, 0.05) is 30.9 Å². The summed E-state index contributed by atoms with van der Waals surface area (Å²) in [5, 5.41) is 6.91. The number of rotatable bonds is 4. The van der Waals surface area contributed by atoms with Crippen molar-refractivity contribution in [1.82, 2.24) is 15.1 Å². The van der Waals surface area contributed by atoms with Crippen molar-refractivity contribution >= 4 is 5.91 Å². The fourth-order valence-electron chi connectivity index (χ4n) is 2.84. The Labute approximate surface area is 128 Å². The summed E-state index contributed by atoms with van der Waals surface area (Å²) in [5.74, 6) is 0.0758. The van der Waals surface area contributed by atoms with Gasteiger partial charge in [0.25, 0.3) is 0 Å². The number of H-pyrrole nitrogens is 1. The lowest BCUT2D eigenvalue weighted by atomic mass is 10.1. The molecule has 22 heavy (non-hydrogen) atoms. The van der Waals surface area contributed by atoms with E-state index in [4.69, 9.17) is 4.74 Å². The van der Waals surface area contributed by atoms with Crippen LogP contribution in [0, 0.1) is 5.82 Å². The smallest absolute Gasteiger partial charge is 0.227 e. The highest BCUT2D eigenvalue weighted by atomic mass is 19.1. The molecule has 0 bridgehead atoms. The van der Waals surface area contributed by atoms with Gasteiger partial charge < -0.3 is 9.64 Å². The zero-order chi connectivity index (χ0) is 15.5. The monoisotopic (exact) mass is 303 g/mol.